The van der Waals surface area contributed by atoms with Crippen LogP contribution in [0.2, 0.25) is 5.02 Å². The number of alkyl halides is 3. The molecule has 0 spiro atoms. The molecule has 0 fully saturated rings. The van der Waals surface area contributed by atoms with E-state index in [9.17, 15) is 18.0 Å². The topological polar surface area (TPSA) is 101 Å². The number of esters is 1. The number of nitrogens with zero attached hydrogens (tertiary/aromatic N) is 7. The molecule has 3 aromatic heterocycles. The Morgan fingerprint density at radius 1 is 1.28 bits per heavy atom. The van der Waals surface area contributed by atoms with Gasteiger partial charge in [-0.1, -0.05) is 25.4 Å². The van der Waals surface area contributed by atoms with E-state index in [0.717, 1.165) is 4.68 Å². The molecule has 0 saturated carbocycles. The van der Waals surface area contributed by atoms with Crippen molar-refractivity contribution in [2.75, 3.05) is 6.61 Å². The SMILES string of the molecule is CC.CCOC(=O)c1cc(Cn2nnc(C(F)(F)F)n2)nn1-c1ncccc1Cl. The van der Waals surface area contributed by atoms with Crippen LogP contribution in [0.5, 0.6) is 0 Å². The Morgan fingerprint density at radius 3 is 2.59 bits per heavy atom. The van der Waals surface area contributed by atoms with Crippen molar-refractivity contribution in [3.05, 3.63) is 46.6 Å². The Bertz CT molecular complexity index is 972. The number of rotatable bonds is 5. The molecule has 3 rings (SSSR count). The highest BCUT2D eigenvalue weighted by Crippen LogP contribution is 2.25. The predicted molar refractivity (Wildman–Crippen MR) is 95.6 cm³/mol. The van der Waals surface area contributed by atoms with E-state index >= 15 is 0 Å². The van der Waals surface area contributed by atoms with Gasteiger partial charge >= 0.3 is 12.1 Å². The first-order valence-corrected chi connectivity index (χ1v) is 8.89. The van der Waals surface area contributed by atoms with Crippen molar-refractivity contribution >= 4 is 17.6 Å². The lowest BCUT2D eigenvalue weighted by Crippen LogP contribution is -2.13. The smallest absolute Gasteiger partial charge is 0.455 e. The lowest BCUT2D eigenvalue weighted by molar-refractivity contribution is -0.145. The van der Waals surface area contributed by atoms with Crippen LogP contribution in [0.3, 0.4) is 0 Å². The normalized spacial score (nSPS) is 11.0. The molecule has 0 saturated heterocycles. The third-order valence-electron chi connectivity index (χ3n) is 3.19. The number of ether oxygens (including phenoxy) is 1. The van der Waals surface area contributed by atoms with Crippen molar-refractivity contribution in [3.8, 4) is 5.82 Å². The number of aromatic nitrogens is 7. The van der Waals surface area contributed by atoms with Crippen LogP contribution in [0.4, 0.5) is 13.2 Å². The van der Waals surface area contributed by atoms with Gasteiger partial charge in [-0.2, -0.15) is 23.1 Å². The summed E-state index contributed by atoms with van der Waals surface area (Å²) in [7, 11) is 0. The zero-order chi connectivity index (χ0) is 21.6. The number of pyridine rings is 1. The van der Waals surface area contributed by atoms with Crippen molar-refractivity contribution in [1.29, 1.82) is 0 Å². The zero-order valence-corrected chi connectivity index (χ0v) is 16.4. The second-order valence-electron chi connectivity index (χ2n) is 5.10. The maximum Gasteiger partial charge on any atom is 0.455 e. The van der Waals surface area contributed by atoms with E-state index in [2.05, 4.69) is 25.5 Å². The number of halogens is 4. The second-order valence-corrected chi connectivity index (χ2v) is 5.51. The summed E-state index contributed by atoms with van der Waals surface area (Å²) in [6.07, 6.45) is -3.26. The maximum atomic E-state index is 12.6. The summed E-state index contributed by atoms with van der Waals surface area (Å²) in [6.45, 7) is 5.49. The quantitative estimate of drug-likeness (QED) is 0.572. The Morgan fingerprint density at radius 2 is 2.00 bits per heavy atom. The Labute approximate surface area is 168 Å². The van der Waals surface area contributed by atoms with Gasteiger partial charge in [0.2, 0.25) is 0 Å². The molecule has 0 radical (unpaired) electrons. The van der Waals surface area contributed by atoms with E-state index < -0.39 is 18.0 Å². The van der Waals surface area contributed by atoms with Gasteiger partial charge in [-0.3, -0.25) is 0 Å². The predicted octanol–water partition coefficient (Wildman–Crippen LogP) is 3.18. The molecule has 3 heterocycles. The van der Waals surface area contributed by atoms with Crippen LogP contribution in [0.15, 0.2) is 24.4 Å². The summed E-state index contributed by atoms with van der Waals surface area (Å²) in [5, 5.41) is 13.9. The van der Waals surface area contributed by atoms with Crippen molar-refractivity contribution in [2.24, 2.45) is 0 Å². The largest absolute Gasteiger partial charge is 0.461 e. The van der Waals surface area contributed by atoms with Gasteiger partial charge in [0.1, 0.15) is 6.54 Å². The first-order valence-electron chi connectivity index (χ1n) is 8.51. The van der Waals surface area contributed by atoms with Crippen LogP contribution in [0, 0.1) is 0 Å². The van der Waals surface area contributed by atoms with Crippen LogP contribution in [-0.4, -0.2) is 47.5 Å². The molecule has 29 heavy (non-hydrogen) atoms. The van der Waals surface area contributed by atoms with Crippen LogP contribution >= 0.6 is 11.6 Å². The monoisotopic (exact) mass is 431 g/mol. The summed E-state index contributed by atoms with van der Waals surface area (Å²) >= 11 is 6.10. The van der Waals surface area contributed by atoms with Gasteiger partial charge in [-0.05, 0) is 30.3 Å². The Kier molecular flexibility index (Phi) is 7.26. The molecule has 0 N–H and O–H groups in total. The molecule has 0 aromatic carbocycles. The van der Waals surface area contributed by atoms with Crippen molar-refractivity contribution in [3.63, 3.8) is 0 Å². The summed E-state index contributed by atoms with van der Waals surface area (Å²) in [6, 6.07) is 4.48. The van der Waals surface area contributed by atoms with Crippen LogP contribution in [0.1, 0.15) is 42.8 Å². The van der Waals surface area contributed by atoms with Gasteiger partial charge in [0.25, 0.3) is 5.82 Å². The summed E-state index contributed by atoms with van der Waals surface area (Å²) in [4.78, 5) is 17.0. The van der Waals surface area contributed by atoms with Gasteiger partial charge in [0, 0.05) is 6.20 Å². The molecule has 0 aliphatic rings. The lowest BCUT2D eigenvalue weighted by Gasteiger charge is -2.07. The van der Waals surface area contributed by atoms with E-state index in [1.54, 1.807) is 19.1 Å². The molecular formula is C16H17ClF3N7O2. The van der Waals surface area contributed by atoms with Crippen LogP contribution in [-0.2, 0) is 17.5 Å². The molecule has 13 heteroatoms. The minimum atomic E-state index is -4.71. The Hall–Kier alpha value is -3.02. The highest BCUT2D eigenvalue weighted by Gasteiger charge is 2.36. The average molecular weight is 432 g/mol. The van der Waals surface area contributed by atoms with Gasteiger partial charge in [0.05, 0.1) is 17.3 Å². The van der Waals surface area contributed by atoms with E-state index in [4.69, 9.17) is 16.3 Å². The fraction of sp³-hybridized carbons (Fsp3) is 0.375. The Balaban J connectivity index is 0.00000145. The van der Waals surface area contributed by atoms with Gasteiger partial charge in [-0.25, -0.2) is 14.5 Å². The molecule has 0 aliphatic heterocycles. The van der Waals surface area contributed by atoms with Crippen molar-refractivity contribution < 1.29 is 22.7 Å². The molecule has 0 unspecified atom stereocenters. The first-order chi connectivity index (χ1) is 13.8. The van der Waals surface area contributed by atoms with E-state index in [1.807, 2.05) is 13.8 Å². The summed E-state index contributed by atoms with van der Waals surface area (Å²) in [5.74, 6) is -1.91. The molecule has 3 aromatic rings. The average Bonchev–Trinajstić information content (AvgIpc) is 3.31. The number of carbonyl (C=O) groups is 1. The molecule has 0 amide bonds. The minimum Gasteiger partial charge on any atom is -0.461 e. The minimum absolute atomic E-state index is 0.00334. The number of carbonyl (C=O) groups excluding carboxylic acids is 1. The summed E-state index contributed by atoms with van der Waals surface area (Å²) in [5.41, 5.74) is 0.189. The first kappa shape index (κ1) is 22.3. The number of hydrogen-bond donors (Lipinski definition) is 0. The fourth-order valence-electron chi connectivity index (χ4n) is 2.12. The third-order valence-corrected chi connectivity index (χ3v) is 3.49. The molecule has 9 nitrogen and oxygen atoms in total. The van der Waals surface area contributed by atoms with E-state index in [-0.39, 0.29) is 35.4 Å². The fourth-order valence-corrected chi connectivity index (χ4v) is 2.32. The van der Waals surface area contributed by atoms with Crippen LogP contribution < -0.4 is 0 Å². The third kappa shape index (κ3) is 5.28. The maximum absolute atomic E-state index is 12.6. The lowest BCUT2D eigenvalue weighted by atomic mass is 10.3. The van der Waals surface area contributed by atoms with Crippen molar-refractivity contribution in [2.45, 2.75) is 33.5 Å². The number of hydrogen-bond acceptors (Lipinski definition) is 7. The molecule has 0 bridgehead atoms. The highest BCUT2D eigenvalue weighted by molar-refractivity contribution is 6.32. The van der Waals surface area contributed by atoms with E-state index in [0.29, 0.717) is 4.80 Å². The molecule has 0 atom stereocenters. The molecular weight excluding hydrogens is 415 g/mol. The highest BCUT2D eigenvalue weighted by atomic mass is 35.5. The van der Waals surface area contributed by atoms with Crippen LogP contribution in [0.25, 0.3) is 5.82 Å². The van der Waals surface area contributed by atoms with Gasteiger partial charge in [-0.15, -0.1) is 10.2 Å². The van der Waals surface area contributed by atoms with Gasteiger partial charge in [0.15, 0.2) is 11.5 Å². The van der Waals surface area contributed by atoms with Crippen molar-refractivity contribution in [1.82, 2.24) is 35.0 Å². The zero-order valence-electron chi connectivity index (χ0n) is 15.7. The number of tetrazole rings is 1. The standard InChI is InChI=1S/C14H11ClF3N7O2.C2H6/c1-2-27-12(26)10-6-8(7-24-22-13(20-23-24)14(16,17)18)21-25(10)11-9(15)4-3-5-19-11;1-2/h3-6H,2,7H2,1H3;1-2H3. The molecule has 0 aliphatic carbocycles. The van der Waals surface area contributed by atoms with E-state index in [1.165, 1.54) is 12.3 Å². The van der Waals surface area contributed by atoms with Gasteiger partial charge < -0.3 is 4.74 Å². The molecule has 156 valence electrons. The summed E-state index contributed by atoms with van der Waals surface area (Å²) < 4.78 is 43.9. The second kappa shape index (κ2) is 9.45.